The molecule has 1 atom stereocenters. The number of nitrogens with two attached hydrogens (primary N) is 1. The third kappa shape index (κ3) is 3.80. The molecule has 3 N–H and O–H groups in total. The summed E-state index contributed by atoms with van der Waals surface area (Å²) in [6.45, 7) is 0. The first kappa shape index (κ1) is 15.5. The Bertz CT molecular complexity index is 611. The normalized spacial score (nSPS) is 12.4. The average Bonchev–Trinajstić information content (AvgIpc) is 2.44. The zero-order chi connectivity index (χ0) is 15.4. The summed E-state index contributed by atoms with van der Waals surface area (Å²) < 4.78 is 53.6. The fraction of sp³-hybridized carbons (Fsp3) is 0.200. The van der Waals surface area contributed by atoms with Crippen molar-refractivity contribution in [2.24, 2.45) is 5.84 Å². The lowest BCUT2D eigenvalue weighted by Gasteiger charge is -2.17. The number of hydrogen-bond donors (Lipinski definition) is 2. The van der Waals surface area contributed by atoms with E-state index in [0.29, 0.717) is 0 Å². The Kier molecular flexibility index (Phi) is 4.93. The van der Waals surface area contributed by atoms with Gasteiger partial charge < -0.3 is 0 Å². The van der Waals surface area contributed by atoms with Gasteiger partial charge in [-0.2, -0.15) is 0 Å². The Balaban J connectivity index is 2.17. The van der Waals surface area contributed by atoms with Gasteiger partial charge in [-0.25, -0.2) is 17.6 Å². The van der Waals surface area contributed by atoms with Crippen LogP contribution in [0.15, 0.2) is 36.4 Å². The predicted octanol–water partition coefficient (Wildman–Crippen LogP) is 2.86. The van der Waals surface area contributed by atoms with Gasteiger partial charge in [0.1, 0.15) is 23.3 Å². The quantitative estimate of drug-likeness (QED) is 0.506. The molecule has 0 saturated carbocycles. The number of hydrazine groups is 1. The van der Waals surface area contributed by atoms with Gasteiger partial charge in [0, 0.05) is 17.7 Å². The number of rotatable bonds is 5. The summed E-state index contributed by atoms with van der Waals surface area (Å²) in [6, 6.07) is 6.12. The first-order valence-corrected chi connectivity index (χ1v) is 6.34. The van der Waals surface area contributed by atoms with E-state index < -0.39 is 29.3 Å². The SMILES string of the molecule is NNC(Cc1ccc(F)cc1F)Cc1c(F)cccc1F. The Morgan fingerprint density at radius 2 is 1.57 bits per heavy atom. The molecule has 1 unspecified atom stereocenters. The molecular weight excluding hydrogens is 284 g/mol. The molecule has 0 saturated heterocycles. The van der Waals surface area contributed by atoms with Crippen molar-refractivity contribution in [2.45, 2.75) is 18.9 Å². The Hall–Kier alpha value is -1.92. The zero-order valence-electron chi connectivity index (χ0n) is 11.0. The maximum absolute atomic E-state index is 13.6. The maximum atomic E-state index is 13.6. The molecule has 2 aromatic carbocycles. The molecule has 0 heterocycles. The van der Waals surface area contributed by atoms with E-state index in [2.05, 4.69) is 5.43 Å². The van der Waals surface area contributed by atoms with Crippen LogP contribution in [0.1, 0.15) is 11.1 Å². The fourth-order valence-electron chi connectivity index (χ4n) is 2.12. The number of benzene rings is 2. The van der Waals surface area contributed by atoms with Gasteiger partial charge in [-0.3, -0.25) is 11.3 Å². The molecule has 2 aromatic rings. The fourth-order valence-corrected chi connectivity index (χ4v) is 2.12. The van der Waals surface area contributed by atoms with Gasteiger partial charge in [0.05, 0.1) is 0 Å². The van der Waals surface area contributed by atoms with Crippen LogP contribution < -0.4 is 11.3 Å². The first-order valence-electron chi connectivity index (χ1n) is 6.34. The molecule has 2 nitrogen and oxygen atoms in total. The van der Waals surface area contributed by atoms with Gasteiger partial charge in [0.2, 0.25) is 0 Å². The second-order valence-electron chi connectivity index (χ2n) is 4.71. The van der Waals surface area contributed by atoms with Crippen LogP contribution in [0, 0.1) is 23.3 Å². The zero-order valence-corrected chi connectivity index (χ0v) is 11.0. The van der Waals surface area contributed by atoms with E-state index in [1.54, 1.807) is 0 Å². The summed E-state index contributed by atoms with van der Waals surface area (Å²) in [5.41, 5.74) is 2.50. The van der Waals surface area contributed by atoms with E-state index in [4.69, 9.17) is 5.84 Å². The van der Waals surface area contributed by atoms with Crippen molar-refractivity contribution in [3.63, 3.8) is 0 Å². The van der Waals surface area contributed by atoms with Gasteiger partial charge in [-0.15, -0.1) is 0 Å². The second-order valence-corrected chi connectivity index (χ2v) is 4.71. The van der Waals surface area contributed by atoms with E-state index in [1.165, 1.54) is 12.1 Å². The minimum Gasteiger partial charge on any atom is -0.271 e. The van der Waals surface area contributed by atoms with Crippen molar-refractivity contribution >= 4 is 0 Å². The van der Waals surface area contributed by atoms with Crippen molar-refractivity contribution in [1.29, 1.82) is 0 Å². The molecule has 0 radical (unpaired) electrons. The molecule has 0 bridgehead atoms. The highest BCUT2D eigenvalue weighted by molar-refractivity contribution is 5.23. The van der Waals surface area contributed by atoms with Crippen molar-refractivity contribution in [3.8, 4) is 0 Å². The lowest BCUT2D eigenvalue weighted by molar-refractivity contribution is 0.475. The number of nitrogens with one attached hydrogen (secondary N) is 1. The summed E-state index contributed by atoms with van der Waals surface area (Å²) in [5.74, 6) is 2.58. The molecule has 0 spiro atoms. The minimum atomic E-state index is -0.718. The van der Waals surface area contributed by atoms with E-state index >= 15 is 0 Å². The lowest BCUT2D eigenvalue weighted by atomic mass is 9.98. The van der Waals surface area contributed by atoms with Crippen LogP contribution in [-0.4, -0.2) is 6.04 Å². The highest BCUT2D eigenvalue weighted by atomic mass is 19.1. The predicted molar refractivity (Wildman–Crippen MR) is 71.2 cm³/mol. The largest absolute Gasteiger partial charge is 0.271 e. The molecule has 112 valence electrons. The van der Waals surface area contributed by atoms with Crippen LogP contribution in [0.25, 0.3) is 0 Å². The molecule has 21 heavy (non-hydrogen) atoms. The molecule has 0 fully saturated rings. The molecule has 0 aromatic heterocycles. The van der Waals surface area contributed by atoms with Crippen molar-refractivity contribution in [3.05, 3.63) is 70.8 Å². The number of halogens is 4. The van der Waals surface area contributed by atoms with Crippen LogP contribution in [0.2, 0.25) is 0 Å². The van der Waals surface area contributed by atoms with Crippen LogP contribution in [0.3, 0.4) is 0 Å². The van der Waals surface area contributed by atoms with Crippen molar-refractivity contribution in [2.75, 3.05) is 0 Å². The van der Waals surface area contributed by atoms with Gasteiger partial charge >= 0.3 is 0 Å². The minimum absolute atomic E-state index is 0.0498. The summed E-state index contributed by atoms with van der Waals surface area (Å²) in [4.78, 5) is 0. The van der Waals surface area contributed by atoms with E-state index in [0.717, 1.165) is 24.3 Å². The van der Waals surface area contributed by atoms with E-state index in [1.807, 2.05) is 0 Å². The third-order valence-electron chi connectivity index (χ3n) is 3.23. The van der Waals surface area contributed by atoms with Gasteiger partial charge in [0.15, 0.2) is 0 Å². The smallest absolute Gasteiger partial charge is 0.129 e. The van der Waals surface area contributed by atoms with Crippen LogP contribution in [0.4, 0.5) is 17.6 Å². The Labute approximate surface area is 119 Å². The summed E-state index contributed by atoms with van der Waals surface area (Å²) in [6.07, 6.45) is 0.0300. The molecule has 0 amide bonds. The maximum Gasteiger partial charge on any atom is 0.129 e. The standard InChI is InChI=1S/C15H14F4N2/c16-10-5-4-9(15(19)7-10)6-11(21-20)8-12-13(17)2-1-3-14(12)18/h1-5,7,11,21H,6,8,20H2. The molecule has 0 aliphatic heterocycles. The van der Waals surface area contributed by atoms with Crippen molar-refractivity contribution < 1.29 is 17.6 Å². The molecule has 6 heteroatoms. The summed E-state index contributed by atoms with van der Waals surface area (Å²) >= 11 is 0. The summed E-state index contributed by atoms with van der Waals surface area (Å²) in [5, 5.41) is 0. The van der Waals surface area contributed by atoms with E-state index in [9.17, 15) is 17.6 Å². The topological polar surface area (TPSA) is 38.0 Å². The summed E-state index contributed by atoms with van der Waals surface area (Å²) in [7, 11) is 0. The van der Waals surface area contributed by atoms with Crippen molar-refractivity contribution in [1.82, 2.24) is 5.43 Å². The molecule has 0 aliphatic rings. The van der Waals surface area contributed by atoms with Crippen LogP contribution >= 0.6 is 0 Å². The monoisotopic (exact) mass is 298 g/mol. The third-order valence-corrected chi connectivity index (χ3v) is 3.23. The van der Waals surface area contributed by atoms with Gasteiger partial charge in [-0.1, -0.05) is 12.1 Å². The molecule has 2 rings (SSSR count). The van der Waals surface area contributed by atoms with Crippen LogP contribution in [0.5, 0.6) is 0 Å². The molecular formula is C15H14F4N2. The highest BCUT2D eigenvalue weighted by Gasteiger charge is 2.17. The Morgan fingerprint density at radius 3 is 2.14 bits per heavy atom. The van der Waals surface area contributed by atoms with Gasteiger partial charge in [-0.05, 0) is 36.6 Å². The molecule has 0 aliphatic carbocycles. The first-order chi connectivity index (χ1) is 10.0. The van der Waals surface area contributed by atoms with Gasteiger partial charge in [0.25, 0.3) is 0 Å². The number of hydrogen-bond acceptors (Lipinski definition) is 2. The van der Waals surface area contributed by atoms with E-state index in [-0.39, 0.29) is 24.0 Å². The second kappa shape index (κ2) is 6.69. The van der Waals surface area contributed by atoms with Crippen LogP contribution in [-0.2, 0) is 12.8 Å². The highest BCUT2D eigenvalue weighted by Crippen LogP contribution is 2.17. The average molecular weight is 298 g/mol. The Morgan fingerprint density at radius 1 is 0.905 bits per heavy atom. The lowest BCUT2D eigenvalue weighted by Crippen LogP contribution is -2.39.